The summed E-state index contributed by atoms with van der Waals surface area (Å²) in [7, 11) is 2.19. The third-order valence-corrected chi connectivity index (χ3v) is 9.27. The fourth-order valence-corrected chi connectivity index (χ4v) is 6.67. The minimum atomic E-state index is -0.291. The number of rotatable bonds is 28. The minimum Gasteiger partial charge on any atom is -0.343 e. The van der Waals surface area contributed by atoms with Gasteiger partial charge >= 0.3 is 0 Å². The van der Waals surface area contributed by atoms with Crippen LogP contribution in [0.1, 0.15) is 181 Å². The zero-order valence-corrected chi connectivity index (χ0v) is 28.0. The molecule has 0 aromatic heterocycles. The van der Waals surface area contributed by atoms with Crippen molar-refractivity contribution in [1.82, 2.24) is 4.90 Å². The predicted octanol–water partition coefficient (Wildman–Crippen LogP) is 11.7. The SMILES string of the molecule is CCCCCCC=CCCCCCCCCC1(CCCCCCCCC=CCCCCCC)OC2CN(C)C[C@@H]2O1. The average molecular weight is 574 g/mol. The van der Waals surface area contributed by atoms with Crippen molar-refractivity contribution in [2.24, 2.45) is 0 Å². The van der Waals surface area contributed by atoms with Gasteiger partial charge in [-0.15, -0.1) is 0 Å². The normalized spacial score (nSPS) is 23.0. The van der Waals surface area contributed by atoms with Crippen LogP contribution in [-0.4, -0.2) is 43.0 Å². The van der Waals surface area contributed by atoms with Crippen molar-refractivity contribution in [2.45, 2.75) is 199 Å². The van der Waals surface area contributed by atoms with Gasteiger partial charge in [0.05, 0.1) is 0 Å². The first-order valence-corrected chi connectivity index (χ1v) is 18.5. The van der Waals surface area contributed by atoms with Gasteiger partial charge in [0, 0.05) is 25.9 Å². The lowest BCUT2D eigenvalue weighted by Crippen LogP contribution is -2.34. The number of likely N-dealkylation sites (N-methyl/N-ethyl adjacent to an activating group) is 1. The van der Waals surface area contributed by atoms with Crippen molar-refractivity contribution in [3.05, 3.63) is 24.3 Å². The first-order valence-electron chi connectivity index (χ1n) is 18.5. The van der Waals surface area contributed by atoms with Crippen LogP contribution in [0.4, 0.5) is 0 Å². The van der Waals surface area contributed by atoms with Gasteiger partial charge in [0.1, 0.15) is 12.2 Å². The summed E-state index contributed by atoms with van der Waals surface area (Å²) in [5.74, 6) is -0.291. The molecule has 41 heavy (non-hydrogen) atoms. The van der Waals surface area contributed by atoms with Crippen molar-refractivity contribution in [3.8, 4) is 0 Å². The summed E-state index contributed by atoms with van der Waals surface area (Å²) in [6.07, 6.45) is 44.6. The smallest absolute Gasteiger partial charge is 0.169 e. The number of allylic oxidation sites excluding steroid dienone is 4. The topological polar surface area (TPSA) is 21.7 Å². The van der Waals surface area contributed by atoms with Gasteiger partial charge in [-0.2, -0.15) is 0 Å². The van der Waals surface area contributed by atoms with Gasteiger partial charge in [-0.3, -0.25) is 0 Å². The summed E-state index contributed by atoms with van der Waals surface area (Å²) in [4.78, 5) is 2.36. The number of unbranched alkanes of at least 4 members (excludes halogenated alkanes) is 20. The predicted molar refractivity (Wildman–Crippen MR) is 180 cm³/mol. The first-order chi connectivity index (χ1) is 20.2. The molecule has 2 aliphatic rings. The van der Waals surface area contributed by atoms with E-state index in [2.05, 4.69) is 50.1 Å². The molecule has 2 rings (SSSR count). The lowest BCUT2D eigenvalue weighted by molar-refractivity contribution is -0.193. The van der Waals surface area contributed by atoms with E-state index >= 15 is 0 Å². The summed E-state index contributed by atoms with van der Waals surface area (Å²) < 4.78 is 13.4. The van der Waals surface area contributed by atoms with Gasteiger partial charge < -0.3 is 14.4 Å². The molecular formula is C38H71NO2. The number of nitrogens with zero attached hydrogens (tertiary/aromatic N) is 1. The second kappa shape index (κ2) is 24.8. The molecule has 2 atom stereocenters. The molecule has 240 valence electrons. The minimum absolute atomic E-state index is 0.291. The van der Waals surface area contributed by atoms with E-state index in [9.17, 15) is 0 Å². The van der Waals surface area contributed by atoms with Crippen molar-refractivity contribution in [1.29, 1.82) is 0 Å². The van der Waals surface area contributed by atoms with E-state index in [1.807, 2.05) is 0 Å². The highest BCUT2D eigenvalue weighted by molar-refractivity contribution is 4.93. The Morgan fingerprint density at radius 3 is 1.17 bits per heavy atom. The third-order valence-electron chi connectivity index (χ3n) is 9.27. The van der Waals surface area contributed by atoms with Crippen molar-refractivity contribution in [2.75, 3.05) is 20.1 Å². The Morgan fingerprint density at radius 2 is 0.805 bits per heavy atom. The molecule has 3 heteroatoms. The van der Waals surface area contributed by atoms with Gasteiger partial charge in [0.15, 0.2) is 5.79 Å². The molecule has 0 spiro atoms. The van der Waals surface area contributed by atoms with E-state index in [4.69, 9.17) is 9.47 Å². The molecule has 0 aliphatic carbocycles. The highest BCUT2D eigenvalue weighted by Gasteiger charge is 2.49. The molecule has 0 N–H and O–H groups in total. The fraction of sp³-hybridized carbons (Fsp3) is 0.895. The van der Waals surface area contributed by atoms with Crippen molar-refractivity contribution < 1.29 is 9.47 Å². The molecule has 1 unspecified atom stereocenters. The monoisotopic (exact) mass is 574 g/mol. The van der Waals surface area contributed by atoms with Crippen LogP contribution in [0.5, 0.6) is 0 Å². The first kappa shape index (κ1) is 36.6. The van der Waals surface area contributed by atoms with Crippen molar-refractivity contribution >= 4 is 0 Å². The Kier molecular flexibility index (Phi) is 22.1. The van der Waals surface area contributed by atoms with E-state index in [0.29, 0.717) is 12.2 Å². The zero-order valence-electron chi connectivity index (χ0n) is 28.0. The molecule has 2 aliphatic heterocycles. The molecule has 0 saturated carbocycles. The Bertz CT molecular complexity index is 590. The number of hydrogen-bond acceptors (Lipinski definition) is 3. The lowest BCUT2D eigenvalue weighted by atomic mass is 9.98. The molecule has 3 nitrogen and oxygen atoms in total. The maximum absolute atomic E-state index is 6.69. The van der Waals surface area contributed by atoms with Crippen LogP contribution >= 0.6 is 0 Å². The Balaban J connectivity index is 1.51. The van der Waals surface area contributed by atoms with E-state index in [1.165, 1.54) is 154 Å². The van der Waals surface area contributed by atoms with Crippen LogP contribution in [0.2, 0.25) is 0 Å². The van der Waals surface area contributed by atoms with Gasteiger partial charge in [0.25, 0.3) is 0 Å². The molecule has 0 aromatic carbocycles. The third kappa shape index (κ3) is 17.9. The summed E-state index contributed by atoms with van der Waals surface area (Å²) in [6, 6.07) is 0. The van der Waals surface area contributed by atoms with Crippen LogP contribution in [0.3, 0.4) is 0 Å². The molecule has 2 heterocycles. The van der Waals surface area contributed by atoms with Crippen LogP contribution in [0, 0.1) is 0 Å². The van der Waals surface area contributed by atoms with Gasteiger partial charge in [-0.1, -0.05) is 128 Å². The van der Waals surface area contributed by atoms with Gasteiger partial charge in [-0.05, 0) is 71.3 Å². The number of likely N-dealkylation sites (tertiary alicyclic amines) is 1. The van der Waals surface area contributed by atoms with Crippen LogP contribution < -0.4 is 0 Å². The van der Waals surface area contributed by atoms with E-state index in [-0.39, 0.29) is 5.79 Å². The largest absolute Gasteiger partial charge is 0.343 e. The summed E-state index contributed by atoms with van der Waals surface area (Å²) in [5, 5.41) is 0. The second-order valence-electron chi connectivity index (χ2n) is 13.4. The zero-order chi connectivity index (χ0) is 29.3. The second-order valence-corrected chi connectivity index (χ2v) is 13.4. The average Bonchev–Trinajstić information content (AvgIpc) is 3.47. The summed E-state index contributed by atoms with van der Waals surface area (Å²) in [6.45, 7) is 6.64. The quantitative estimate of drug-likeness (QED) is 0.0686. The Morgan fingerprint density at radius 1 is 0.488 bits per heavy atom. The van der Waals surface area contributed by atoms with Gasteiger partial charge in [0.2, 0.25) is 0 Å². The van der Waals surface area contributed by atoms with Crippen LogP contribution in [-0.2, 0) is 9.47 Å². The van der Waals surface area contributed by atoms with Crippen molar-refractivity contribution in [3.63, 3.8) is 0 Å². The van der Waals surface area contributed by atoms with E-state index < -0.39 is 0 Å². The van der Waals surface area contributed by atoms with Crippen LogP contribution in [0.25, 0.3) is 0 Å². The Hall–Kier alpha value is -0.640. The Labute approximate surface area is 257 Å². The fourth-order valence-electron chi connectivity index (χ4n) is 6.67. The van der Waals surface area contributed by atoms with Gasteiger partial charge in [-0.25, -0.2) is 0 Å². The van der Waals surface area contributed by atoms with E-state index in [1.54, 1.807) is 0 Å². The standard InChI is InChI=1S/C38H71NO2/c1-4-6-8-10-12-14-16-18-20-22-24-26-28-30-32-38(40-36-34-39(3)35-37(36)41-38)33-31-29-27-25-23-21-19-17-15-13-11-9-7-5-2/h14-17,36-37H,4-13,18-35H2,1-3H3/t36-,37?,38?/m0/s1. The number of ether oxygens (including phenoxy) is 2. The maximum Gasteiger partial charge on any atom is 0.169 e. The molecule has 2 fully saturated rings. The molecule has 0 bridgehead atoms. The van der Waals surface area contributed by atoms with Crippen LogP contribution in [0.15, 0.2) is 24.3 Å². The highest BCUT2D eigenvalue weighted by Crippen LogP contribution is 2.40. The molecular weight excluding hydrogens is 502 g/mol. The lowest BCUT2D eigenvalue weighted by Gasteiger charge is -2.30. The molecule has 0 radical (unpaired) electrons. The highest BCUT2D eigenvalue weighted by atomic mass is 16.8. The van der Waals surface area contributed by atoms with E-state index in [0.717, 1.165) is 25.9 Å². The summed E-state index contributed by atoms with van der Waals surface area (Å²) in [5.41, 5.74) is 0. The molecule has 2 saturated heterocycles. The summed E-state index contributed by atoms with van der Waals surface area (Å²) >= 11 is 0. The molecule has 0 amide bonds. The molecule has 0 aromatic rings. The number of fused-ring (bicyclic) bond motifs is 1. The number of hydrogen-bond donors (Lipinski definition) is 0. The maximum atomic E-state index is 6.69.